The molecule has 8 nitrogen and oxygen atoms in total. The highest BCUT2D eigenvalue weighted by Gasteiger charge is 2.29. The topological polar surface area (TPSA) is 159 Å². The molecule has 0 aromatic rings. The van der Waals surface area contributed by atoms with Crippen LogP contribution in [0.4, 0.5) is 0 Å². The molecule has 10 heteroatoms. The molecule has 0 aromatic heterocycles. The highest BCUT2D eigenvalue weighted by atomic mass is 33.1. The van der Waals surface area contributed by atoms with E-state index in [1.807, 2.05) is 0 Å². The minimum absolute atomic E-state index is 0.0377. The lowest BCUT2D eigenvalue weighted by Gasteiger charge is -2.08. The molecule has 0 fully saturated rings. The van der Waals surface area contributed by atoms with E-state index in [9.17, 15) is 19.6 Å². The van der Waals surface area contributed by atoms with Crippen LogP contribution in [-0.4, -0.2) is 40.6 Å². The Morgan fingerprint density at radius 2 is 2.00 bits per heavy atom. The minimum atomic E-state index is -1.48. The van der Waals surface area contributed by atoms with Gasteiger partial charge in [-0.3, -0.25) is 4.79 Å². The summed E-state index contributed by atoms with van der Waals surface area (Å²) in [5.74, 6) is -2.91. The number of hydrogen-bond donors (Lipinski definition) is 3. The van der Waals surface area contributed by atoms with Crippen molar-refractivity contribution in [3.8, 4) is 0 Å². The Morgan fingerprint density at radius 3 is 2.38 bits per heavy atom. The Labute approximate surface area is 97.6 Å². The first-order valence-electron chi connectivity index (χ1n) is 4.01. The molecule has 1 unspecified atom stereocenters. The fourth-order valence-corrected chi connectivity index (χ4v) is 3.40. The minimum Gasteiger partial charge on any atom is -0.548 e. The number of carbonyl (C=O) groups is 2. The van der Waals surface area contributed by atoms with Crippen molar-refractivity contribution in [2.24, 2.45) is 16.0 Å². The van der Waals surface area contributed by atoms with Crippen LogP contribution in [0.2, 0.25) is 0 Å². The van der Waals surface area contributed by atoms with Crippen LogP contribution < -0.4 is 16.6 Å². The van der Waals surface area contributed by atoms with Crippen LogP contribution in [0, 0.1) is 4.91 Å². The van der Waals surface area contributed by atoms with Crippen LogP contribution in [0.25, 0.3) is 0 Å². The molecule has 0 spiro atoms. The maximum atomic E-state index is 10.4. The van der Waals surface area contributed by atoms with Crippen LogP contribution in [-0.2, 0) is 19.7 Å². The van der Waals surface area contributed by atoms with E-state index < -0.39 is 34.1 Å². The number of carboxylic acid groups (broad SMARTS) is 2. The summed E-state index contributed by atoms with van der Waals surface area (Å²) in [5, 5.41) is 18.8. The van der Waals surface area contributed by atoms with Crippen LogP contribution in [0.5, 0.6) is 0 Å². The van der Waals surface area contributed by atoms with Gasteiger partial charge in [-0.05, 0) is 0 Å². The fraction of sp³-hybridized carbons (Fsp3) is 0.667. The summed E-state index contributed by atoms with van der Waals surface area (Å²) in [6.07, 6.45) is 0. The first-order valence-corrected chi connectivity index (χ1v) is 6.86. The van der Waals surface area contributed by atoms with Crippen LogP contribution in [0.1, 0.15) is 0 Å². The Balaban J connectivity index is 4.06. The molecule has 0 saturated carbocycles. The molecule has 92 valence electrons. The molecule has 0 rings (SSSR count). The molecular weight excluding hydrogens is 258 g/mol. The van der Waals surface area contributed by atoms with E-state index in [0.717, 1.165) is 10.8 Å². The molecule has 0 aliphatic carbocycles. The third kappa shape index (κ3) is 5.90. The normalized spacial score (nSPS) is 16.1. The van der Waals surface area contributed by atoms with Gasteiger partial charge in [-0.25, -0.2) is 0 Å². The molecule has 0 aromatic carbocycles. The molecule has 3 atom stereocenters. The molecule has 16 heavy (non-hydrogen) atoms. The Hall–Kier alpha value is -0.840. The summed E-state index contributed by atoms with van der Waals surface area (Å²) in [4.78, 5) is 31.0. The predicted octanol–water partition coefficient (Wildman–Crippen LogP) is -2.58. The average molecular weight is 269 g/mol. The Bertz CT molecular complexity index is 277. The van der Waals surface area contributed by atoms with E-state index in [-0.39, 0.29) is 11.5 Å². The zero-order chi connectivity index (χ0) is 12.7. The molecule has 0 bridgehead atoms. The smallest absolute Gasteiger partial charge is 0.321 e. The predicted molar refractivity (Wildman–Crippen MR) is 59.1 cm³/mol. The lowest BCUT2D eigenvalue weighted by atomic mass is 10.4. The fourth-order valence-electron chi connectivity index (χ4n) is 0.545. The molecule has 0 aliphatic rings. The maximum Gasteiger partial charge on any atom is 0.321 e. The van der Waals surface area contributed by atoms with Crippen molar-refractivity contribution in [2.45, 2.75) is 12.1 Å². The molecule has 0 amide bonds. The summed E-state index contributed by atoms with van der Waals surface area (Å²) in [6.45, 7) is 0. The molecule has 0 radical (unpaired) electrons. The molecule has 0 aliphatic heterocycles. The average Bonchev–Trinajstić information content (AvgIpc) is 2.22. The van der Waals surface area contributed by atoms with Crippen molar-refractivity contribution < 1.29 is 19.8 Å². The number of nitrogens with two attached hydrogens (primary N) is 2. The van der Waals surface area contributed by atoms with E-state index in [4.69, 9.17) is 16.6 Å². The first-order chi connectivity index (χ1) is 7.38. The van der Waals surface area contributed by atoms with Gasteiger partial charge in [0.25, 0.3) is 0 Å². The number of hydrogen-bond acceptors (Lipinski definition) is 8. The quantitative estimate of drug-likeness (QED) is 0.246. The zero-order valence-electron chi connectivity index (χ0n) is 8.07. The van der Waals surface area contributed by atoms with Crippen molar-refractivity contribution in [3.63, 3.8) is 0 Å². The highest BCUT2D eigenvalue weighted by molar-refractivity contribution is 8.73. The van der Waals surface area contributed by atoms with E-state index in [2.05, 4.69) is 4.58 Å². The monoisotopic (exact) mass is 269 g/mol. The Morgan fingerprint density at radius 1 is 1.44 bits per heavy atom. The number of carboxylic acids is 2. The molecule has 5 N–H and O–H groups in total. The number of nitroso groups, excluding NO2 is 1. The number of carbonyl (C=O) groups excluding carboxylic acids is 1. The lowest BCUT2D eigenvalue weighted by molar-refractivity contribution is -0.306. The summed E-state index contributed by atoms with van der Waals surface area (Å²) < 4.78 is 2.66. The molecule has 0 saturated heterocycles. The maximum absolute atomic E-state index is 10.4. The number of aliphatic carboxylic acids is 2. The Kier molecular flexibility index (Phi) is 7.05. The third-order valence-electron chi connectivity index (χ3n) is 1.41. The van der Waals surface area contributed by atoms with Crippen LogP contribution in [0.15, 0.2) is 4.58 Å². The summed E-state index contributed by atoms with van der Waals surface area (Å²) >= 11 is 0. The standard InChI is InChI=1S/C6H11N3O5S2/c7-3(5(10)11)1-15-16(9-14)2-4(8)6(12)13/h3-4H,1-2,7-8H2,(H-,10,11,12,13)/t3-,4-,16?/m0/s1. The third-order valence-corrected chi connectivity index (χ3v) is 4.80. The second-order valence-corrected chi connectivity index (χ2v) is 6.27. The van der Waals surface area contributed by atoms with Crippen molar-refractivity contribution >= 4 is 32.8 Å². The second kappa shape index (κ2) is 7.44. The molecular formula is C6H11N3O5S2. The van der Waals surface area contributed by atoms with Gasteiger partial charge < -0.3 is 26.5 Å². The van der Waals surface area contributed by atoms with Crippen LogP contribution >= 0.6 is 10.8 Å². The van der Waals surface area contributed by atoms with Crippen molar-refractivity contribution in [3.05, 3.63) is 4.91 Å². The van der Waals surface area contributed by atoms with Gasteiger partial charge in [0.2, 0.25) is 10.1 Å². The van der Waals surface area contributed by atoms with Gasteiger partial charge in [0.1, 0.15) is 16.8 Å². The van der Waals surface area contributed by atoms with Crippen molar-refractivity contribution in [1.82, 2.24) is 0 Å². The first kappa shape index (κ1) is 15.2. The van der Waals surface area contributed by atoms with Crippen molar-refractivity contribution in [1.29, 1.82) is 0 Å². The van der Waals surface area contributed by atoms with E-state index >= 15 is 0 Å². The number of rotatable bonds is 8. The van der Waals surface area contributed by atoms with Gasteiger partial charge >= 0.3 is 5.97 Å². The summed E-state index contributed by atoms with van der Waals surface area (Å²) in [5.41, 5.74) is 10.3. The summed E-state index contributed by atoms with van der Waals surface area (Å²) in [6, 6.07) is -2.42. The van der Waals surface area contributed by atoms with Crippen LogP contribution in [0.3, 0.4) is 0 Å². The van der Waals surface area contributed by atoms with Gasteiger partial charge in [0.05, 0.1) is 17.8 Å². The van der Waals surface area contributed by atoms with Gasteiger partial charge in [0.15, 0.2) is 10.3 Å². The highest BCUT2D eigenvalue weighted by Crippen LogP contribution is 2.19. The lowest BCUT2D eigenvalue weighted by Crippen LogP contribution is -2.45. The second-order valence-electron chi connectivity index (χ2n) is 2.72. The van der Waals surface area contributed by atoms with Gasteiger partial charge in [0, 0.05) is 0 Å². The summed E-state index contributed by atoms with van der Waals surface area (Å²) in [7, 11) is -0.347. The molecule has 0 heterocycles. The van der Waals surface area contributed by atoms with Gasteiger partial charge in [-0.1, -0.05) is 4.91 Å². The van der Waals surface area contributed by atoms with E-state index in [0.29, 0.717) is 0 Å². The van der Waals surface area contributed by atoms with Gasteiger partial charge in [-0.2, -0.15) is 0 Å². The zero-order valence-corrected chi connectivity index (χ0v) is 9.70. The van der Waals surface area contributed by atoms with Crippen molar-refractivity contribution in [2.75, 3.05) is 11.5 Å². The number of nitrogens with zero attached hydrogens (tertiary/aromatic N) is 1. The SMILES string of the molecule is N[C@@H](C[S+](N=O)SC[C@H](N)C(=O)O)C(=O)[O-]. The largest absolute Gasteiger partial charge is 0.548 e. The van der Waals surface area contributed by atoms with Gasteiger partial charge in [-0.15, -0.1) is 0 Å². The van der Waals surface area contributed by atoms with E-state index in [1.165, 1.54) is 0 Å². The van der Waals surface area contributed by atoms with E-state index in [1.54, 1.807) is 0 Å².